The molecule has 2 aromatic rings. The lowest BCUT2D eigenvalue weighted by Crippen LogP contribution is -2.28. The Balaban J connectivity index is 1.90. The average Bonchev–Trinajstić information content (AvgIpc) is 2.65. The molecule has 6 heteroatoms. The van der Waals surface area contributed by atoms with Gasteiger partial charge in [0.05, 0.1) is 35.5 Å². The summed E-state index contributed by atoms with van der Waals surface area (Å²) in [5, 5.41) is 18.0. The van der Waals surface area contributed by atoms with E-state index >= 15 is 0 Å². The molecule has 0 amide bonds. The van der Waals surface area contributed by atoms with Crippen LogP contribution in [0.3, 0.4) is 0 Å². The number of benzene rings is 2. The monoisotopic (exact) mass is 386 g/mol. The van der Waals surface area contributed by atoms with Crippen molar-refractivity contribution in [1.29, 1.82) is 0 Å². The smallest absolute Gasteiger partial charge is 0.335 e. The van der Waals surface area contributed by atoms with Crippen molar-refractivity contribution in [2.75, 3.05) is 13.2 Å². The molecule has 2 N–H and O–H groups in total. The van der Waals surface area contributed by atoms with Gasteiger partial charge in [0.25, 0.3) is 0 Å². The highest BCUT2D eigenvalue weighted by Gasteiger charge is 2.24. The molecule has 0 unspecified atom stereocenters. The summed E-state index contributed by atoms with van der Waals surface area (Å²) in [5.41, 5.74) is 1.04. The molecule has 0 aromatic heterocycles. The van der Waals surface area contributed by atoms with Gasteiger partial charge in [-0.2, -0.15) is 0 Å². The van der Waals surface area contributed by atoms with E-state index in [-0.39, 0.29) is 11.1 Å². The van der Waals surface area contributed by atoms with Gasteiger partial charge < -0.3 is 19.7 Å². The van der Waals surface area contributed by atoms with Crippen molar-refractivity contribution in [3.05, 3.63) is 70.8 Å². The van der Waals surface area contributed by atoms with Gasteiger partial charge in [-0.25, -0.2) is 9.59 Å². The van der Waals surface area contributed by atoms with E-state index in [1.54, 1.807) is 48.5 Å². The zero-order valence-electron chi connectivity index (χ0n) is 16.6. The highest BCUT2D eigenvalue weighted by atomic mass is 16.5. The van der Waals surface area contributed by atoms with Gasteiger partial charge in [0.1, 0.15) is 0 Å². The second-order valence-corrected chi connectivity index (χ2v) is 7.48. The zero-order chi connectivity index (χ0) is 20.9. The summed E-state index contributed by atoms with van der Waals surface area (Å²) in [6.45, 7) is 8.36. The van der Waals surface area contributed by atoms with Crippen molar-refractivity contribution < 1.29 is 29.3 Å². The van der Waals surface area contributed by atoms with Crippen molar-refractivity contribution in [1.82, 2.24) is 0 Å². The molecule has 0 aliphatic rings. The molecule has 28 heavy (non-hydrogen) atoms. The Labute approximate surface area is 164 Å². The first-order valence-electron chi connectivity index (χ1n) is 8.98. The van der Waals surface area contributed by atoms with Gasteiger partial charge in [-0.1, -0.05) is 24.3 Å². The molecule has 0 saturated heterocycles. The van der Waals surface area contributed by atoms with Crippen LogP contribution in [0.5, 0.6) is 0 Å². The molecule has 0 saturated carbocycles. The number of aromatic carboxylic acids is 2. The number of carboxylic acid groups (broad SMARTS) is 2. The van der Waals surface area contributed by atoms with Crippen LogP contribution in [0.1, 0.15) is 59.5 Å². The van der Waals surface area contributed by atoms with Crippen LogP contribution < -0.4 is 0 Å². The highest BCUT2D eigenvalue weighted by molar-refractivity contribution is 5.88. The van der Waals surface area contributed by atoms with Crippen LogP contribution in [0.4, 0.5) is 0 Å². The third-order valence-corrected chi connectivity index (χ3v) is 4.66. The van der Waals surface area contributed by atoms with Crippen molar-refractivity contribution in [2.45, 2.75) is 38.9 Å². The van der Waals surface area contributed by atoms with E-state index in [0.29, 0.717) is 13.2 Å². The summed E-state index contributed by atoms with van der Waals surface area (Å²) in [5.74, 6) is -1.92. The summed E-state index contributed by atoms with van der Waals surface area (Å²) in [7, 11) is 0. The largest absolute Gasteiger partial charge is 0.478 e. The maximum atomic E-state index is 11.0. The summed E-state index contributed by atoms with van der Waals surface area (Å²) in [6, 6.07) is 13.2. The first-order valence-corrected chi connectivity index (χ1v) is 8.98. The molecule has 150 valence electrons. The lowest BCUT2D eigenvalue weighted by atomic mass is 9.96. The predicted octanol–water partition coefficient (Wildman–Crippen LogP) is 4.29. The predicted molar refractivity (Wildman–Crippen MR) is 105 cm³/mol. The van der Waals surface area contributed by atoms with Gasteiger partial charge >= 0.3 is 11.9 Å². The van der Waals surface area contributed by atoms with Gasteiger partial charge in [-0.3, -0.25) is 0 Å². The van der Waals surface area contributed by atoms with Crippen LogP contribution in [-0.2, 0) is 20.7 Å². The van der Waals surface area contributed by atoms with Crippen LogP contribution >= 0.6 is 0 Å². The Bertz CT molecular complexity index is 748. The standard InChI is InChI=1S/C22H26O6/c1-21(2,17-9-5-15(6-10-17)19(23)24)27-13-14-28-22(3,4)18-11-7-16(8-12-18)20(25)26/h5-12H,13-14H2,1-4H3,(H,23,24)(H,25,26). The second-order valence-electron chi connectivity index (χ2n) is 7.48. The van der Waals surface area contributed by atoms with E-state index in [4.69, 9.17) is 19.7 Å². The average molecular weight is 386 g/mol. The Morgan fingerprint density at radius 3 is 1.21 bits per heavy atom. The van der Waals surface area contributed by atoms with Crippen molar-refractivity contribution in [3.63, 3.8) is 0 Å². The van der Waals surface area contributed by atoms with Gasteiger partial charge in [-0.05, 0) is 63.1 Å². The normalized spacial score (nSPS) is 12.0. The molecule has 6 nitrogen and oxygen atoms in total. The van der Waals surface area contributed by atoms with Gasteiger partial charge in [0, 0.05) is 0 Å². The van der Waals surface area contributed by atoms with E-state index in [2.05, 4.69) is 0 Å². The van der Waals surface area contributed by atoms with Crippen LogP contribution in [0, 0.1) is 0 Å². The van der Waals surface area contributed by atoms with E-state index in [9.17, 15) is 9.59 Å². The molecular formula is C22H26O6. The first-order chi connectivity index (χ1) is 13.0. The summed E-state index contributed by atoms with van der Waals surface area (Å²) < 4.78 is 11.9. The molecule has 2 rings (SSSR count). The van der Waals surface area contributed by atoms with Crippen LogP contribution in [-0.4, -0.2) is 35.4 Å². The number of hydrogen-bond donors (Lipinski definition) is 2. The lowest BCUT2D eigenvalue weighted by Gasteiger charge is -2.29. The fourth-order valence-electron chi connectivity index (χ4n) is 2.79. The highest BCUT2D eigenvalue weighted by Crippen LogP contribution is 2.27. The summed E-state index contributed by atoms with van der Waals surface area (Å²) in [4.78, 5) is 21.9. The Morgan fingerprint density at radius 1 is 0.679 bits per heavy atom. The molecule has 0 aliphatic carbocycles. The fourth-order valence-corrected chi connectivity index (χ4v) is 2.79. The molecular weight excluding hydrogens is 360 g/mol. The maximum absolute atomic E-state index is 11.0. The molecule has 2 aromatic carbocycles. The molecule has 0 aliphatic heterocycles. The van der Waals surface area contributed by atoms with E-state index in [1.807, 2.05) is 27.7 Å². The minimum Gasteiger partial charge on any atom is -0.478 e. The quantitative estimate of drug-likeness (QED) is 0.625. The maximum Gasteiger partial charge on any atom is 0.335 e. The number of carbonyl (C=O) groups is 2. The van der Waals surface area contributed by atoms with Gasteiger partial charge in [-0.15, -0.1) is 0 Å². The van der Waals surface area contributed by atoms with Crippen LogP contribution in [0.15, 0.2) is 48.5 Å². The molecule has 0 fully saturated rings. The molecule has 0 radical (unpaired) electrons. The molecule has 0 spiro atoms. The number of hydrogen-bond acceptors (Lipinski definition) is 4. The number of ether oxygens (including phenoxy) is 2. The van der Waals surface area contributed by atoms with Crippen molar-refractivity contribution in [2.24, 2.45) is 0 Å². The zero-order valence-corrected chi connectivity index (χ0v) is 16.6. The topological polar surface area (TPSA) is 93.1 Å². The molecule has 0 atom stereocenters. The third-order valence-electron chi connectivity index (χ3n) is 4.66. The van der Waals surface area contributed by atoms with E-state index in [1.165, 1.54) is 0 Å². The molecule has 0 bridgehead atoms. The second kappa shape index (κ2) is 8.54. The Hall–Kier alpha value is -2.70. The number of carboxylic acids is 2. The van der Waals surface area contributed by atoms with Crippen LogP contribution in [0.2, 0.25) is 0 Å². The number of rotatable bonds is 9. The van der Waals surface area contributed by atoms with Crippen molar-refractivity contribution >= 4 is 11.9 Å². The third kappa shape index (κ3) is 5.41. The molecule has 0 heterocycles. The van der Waals surface area contributed by atoms with Gasteiger partial charge in [0.15, 0.2) is 0 Å². The van der Waals surface area contributed by atoms with E-state index in [0.717, 1.165) is 11.1 Å². The van der Waals surface area contributed by atoms with Crippen LogP contribution in [0.25, 0.3) is 0 Å². The van der Waals surface area contributed by atoms with E-state index < -0.39 is 23.1 Å². The fraction of sp³-hybridized carbons (Fsp3) is 0.364. The minimum absolute atomic E-state index is 0.235. The van der Waals surface area contributed by atoms with Crippen molar-refractivity contribution in [3.8, 4) is 0 Å². The Kier molecular flexibility index (Phi) is 6.59. The SMILES string of the molecule is CC(C)(OCCOC(C)(C)c1ccc(C(=O)O)cc1)c1ccc(C(=O)O)cc1. The first kappa shape index (κ1) is 21.6. The van der Waals surface area contributed by atoms with Gasteiger partial charge in [0.2, 0.25) is 0 Å². The lowest BCUT2D eigenvalue weighted by molar-refractivity contribution is -0.0892. The minimum atomic E-state index is -0.961. The summed E-state index contributed by atoms with van der Waals surface area (Å²) >= 11 is 0. The summed E-state index contributed by atoms with van der Waals surface area (Å²) in [6.07, 6.45) is 0. The Morgan fingerprint density at radius 2 is 0.964 bits per heavy atom.